The van der Waals surface area contributed by atoms with Gasteiger partial charge in [-0.15, -0.1) is 0 Å². The number of hydrogen-bond donors (Lipinski definition) is 1. The van der Waals surface area contributed by atoms with Crippen molar-refractivity contribution in [3.05, 3.63) is 104 Å². The average Bonchev–Trinajstić information content (AvgIpc) is 3.30. The lowest BCUT2D eigenvalue weighted by Crippen LogP contribution is -2.49. The summed E-state index contributed by atoms with van der Waals surface area (Å²) >= 11 is 6.03. The molecule has 2 aliphatic heterocycles. The van der Waals surface area contributed by atoms with E-state index in [1.807, 2.05) is 24.3 Å². The summed E-state index contributed by atoms with van der Waals surface area (Å²) in [5.74, 6) is -3.49. The molecule has 1 saturated heterocycles. The van der Waals surface area contributed by atoms with Crippen LogP contribution < -0.4 is 16.3 Å². The number of carbonyl (C=O) groups is 2. The standard InChI is InChI=1S/C30H24ClFN4O5/c1-30-20(26(38)35(27(30)39)16-8-10-22(32)21(31)13-16)14-23-18(11-12-34-28(40)33(2)29(41)36(23)34)24(30)19-9-7-15-5-3-4-6-17(15)25(19)37/h3-11,13,20,23-24,37H,12,14H2,1-2H3/t20-,23+,24+,30+/m0/s1. The van der Waals surface area contributed by atoms with Crippen molar-refractivity contribution in [2.45, 2.75) is 31.8 Å². The van der Waals surface area contributed by atoms with E-state index in [9.17, 15) is 28.7 Å². The van der Waals surface area contributed by atoms with E-state index in [4.69, 9.17) is 11.6 Å². The van der Waals surface area contributed by atoms with Gasteiger partial charge in [-0.05, 0) is 42.5 Å². The van der Waals surface area contributed by atoms with Crippen molar-refractivity contribution >= 4 is 39.9 Å². The summed E-state index contributed by atoms with van der Waals surface area (Å²) in [6.07, 6.45) is 1.90. The Bertz CT molecular complexity index is 1990. The van der Waals surface area contributed by atoms with Crippen LogP contribution in [0.4, 0.5) is 10.1 Å². The Morgan fingerprint density at radius 3 is 2.54 bits per heavy atom. The summed E-state index contributed by atoms with van der Waals surface area (Å²) in [5.41, 5.74) is -1.15. The fourth-order valence-corrected chi connectivity index (χ4v) is 7.28. The van der Waals surface area contributed by atoms with E-state index >= 15 is 0 Å². The third kappa shape index (κ3) is 3.22. The van der Waals surface area contributed by atoms with Gasteiger partial charge in [-0.1, -0.05) is 54.1 Å². The van der Waals surface area contributed by atoms with Crippen LogP contribution in [-0.2, 0) is 23.2 Å². The molecule has 3 aromatic carbocycles. The van der Waals surface area contributed by atoms with E-state index < -0.39 is 52.3 Å². The first kappa shape index (κ1) is 25.5. The first-order valence-electron chi connectivity index (χ1n) is 13.2. The lowest BCUT2D eigenvalue weighted by atomic mass is 9.56. The number of rotatable bonds is 2. The fourth-order valence-electron chi connectivity index (χ4n) is 7.11. The van der Waals surface area contributed by atoms with Gasteiger partial charge < -0.3 is 5.11 Å². The van der Waals surface area contributed by atoms with Crippen molar-refractivity contribution in [1.82, 2.24) is 13.9 Å². The first-order valence-corrected chi connectivity index (χ1v) is 13.6. The highest BCUT2D eigenvalue weighted by atomic mass is 35.5. The molecule has 1 aromatic heterocycles. The van der Waals surface area contributed by atoms with Crippen LogP contribution in [0.25, 0.3) is 10.8 Å². The Morgan fingerprint density at radius 1 is 1.02 bits per heavy atom. The zero-order chi connectivity index (χ0) is 29.0. The molecular formula is C30H24ClFN4O5. The van der Waals surface area contributed by atoms with Crippen LogP contribution in [0.15, 0.2) is 75.8 Å². The maximum absolute atomic E-state index is 14.4. The van der Waals surface area contributed by atoms with Gasteiger partial charge in [0.15, 0.2) is 0 Å². The third-order valence-electron chi connectivity index (χ3n) is 9.13. The van der Waals surface area contributed by atoms with Crippen LogP contribution in [0, 0.1) is 17.2 Å². The van der Waals surface area contributed by atoms with Gasteiger partial charge in [0.1, 0.15) is 11.6 Å². The van der Waals surface area contributed by atoms with Gasteiger partial charge in [0.25, 0.3) is 0 Å². The highest BCUT2D eigenvalue weighted by Gasteiger charge is 2.65. The number of anilines is 1. The zero-order valence-electron chi connectivity index (χ0n) is 22.0. The number of amides is 2. The summed E-state index contributed by atoms with van der Waals surface area (Å²) in [6.45, 7) is 1.79. The summed E-state index contributed by atoms with van der Waals surface area (Å²) in [4.78, 5) is 55.6. The number of carbonyl (C=O) groups excluding carboxylic acids is 2. The third-order valence-corrected chi connectivity index (χ3v) is 9.42. The van der Waals surface area contributed by atoms with Crippen LogP contribution in [0.2, 0.25) is 5.02 Å². The smallest absolute Gasteiger partial charge is 0.347 e. The molecular weight excluding hydrogens is 551 g/mol. The number of halogens is 2. The lowest BCUT2D eigenvalue weighted by molar-refractivity contribution is -0.129. The molecule has 208 valence electrons. The van der Waals surface area contributed by atoms with E-state index in [0.717, 1.165) is 20.9 Å². The molecule has 9 nitrogen and oxygen atoms in total. The van der Waals surface area contributed by atoms with Gasteiger partial charge in [0.2, 0.25) is 11.8 Å². The van der Waals surface area contributed by atoms with Crippen molar-refractivity contribution in [1.29, 1.82) is 0 Å². The van der Waals surface area contributed by atoms with Crippen molar-refractivity contribution in [3.63, 3.8) is 0 Å². The molecule has 0 unspecified atom stereocenters. The number of benzene rings is 3. The average molecular weight is 575 g/mol. The molecule has 4 atom stereocenters. The number of fused-ring (bicyclic) bond motifs is 5. The molecule has 1 N–H and O–H groups in total. The molecule has 7 rings (SSSR count). The molecule has 3 heterocycles. The molecule has 4 aromatic rings. The Hall–Kier alpha value is -4.44. The van der Waals surface area contributed by atoms with Crippen LogP contribution in [0.3, 0.4) is 0 Å². The molecule has 11 heteroatoms. The largest absolute Gasteiger partial charge is 0.507 e. The van der Waals surface area contributed by atoms with Gasteiger partial charge in [-0.3, -0.25) is 9.59 Å². The Balaban J connectivity index is 1.49. The van der Waals surface area contributed by atoms with Gasteiger partial charge >= 0.3 is 11.4 Å². The minimum atomic E-state index is -1.37. The maximum atomic E-state index is 14.4. The molecule has 2 amide bonds. The molecule has 0 radical (unpaired) electrons. The van der Waals surface area contributed by atoms with E-state index in [0.29, 0.717) is 16.5 Å². The van der Waals surface area contributed by atoms with Crippen LogP contribution >= 0.6 is 11.6 Å². The number of phenolic OH excluding ortho intramolecular Hbond substituents is 1. The Kier molecular flexibility index (Phi) is 5.31. The number of aromatic hydroxyl groups is 1. The molecule has 41 heavy (non-hydrogen) atoms. The van der Waals surface area contributed by atoms with E-state index in [-0.39, 0.29) is 29.4 Å². The number of allylic oxidation sites excluding steroid dienone is 2. The number of phenols is 1. The number of imide groups is 1. The molecule has 3 aliphatic rings. The summed E-state index contributed by atoms with van der Waals surface area (Å²) < 4.78 is 17.7. The predicted octanol–water partition coefficient (Wildman–Crippen LogP) is 3.86. The van der Waals surface area contributed by atoms with E-state index in [1.54, 1.807) is 25.1 Å². The van der Waals surface area contributed by atoms with Crippen LogP contribution in [0.5, 0.6) is 5.75 Å². The normalized spacial score (nSPS) is 25.2. The number of hydrogen-bond acceptors (Lipinski definition) is 5. The lowest BCUT2D eigenvalue weighted by Gasteiger charge is -2.47. The van der Waals surface area contributed by atoms with Gasteiger partial charge in [-0.25, -0.2) is 32.8 Å². The van der Waals surface area contributed by atoms with Gasteiger partial charge in [-0.2, -0.15) is 0 Å². The quantitative estimate of drug-likeness (QED) is 0.289. The van der Waals surface area contributed by atoms with Crippen LogP contribution in [-0.4, -0.2) is 30.9 Å². The molecule has 1 aliphatic carbocycles. The Morgan fingerprint density at radius 2 is 1.78 bits per heavy atom. The topological polar surface area (TPSA) is 107 Å². The molecule has 0 bridgehead atoms. The molecule has 0 spiro atoms. The SMILES string of the molecule is Cn1c(=O)n2n(c1=O)[C@@H]1C[C@H]3C(=O)N(c4ccc(F)c(Cl)c4)C(=O)[C@@]3(C)[C@@H](c3ccc4ccccc4c3O)C1=CC2. The highest BCUT2D eigenvalue weighted by Crippen LogP contribution is 2.62. The second kappa shape index (κ2) is 8.53. The van der Waals surface area contributed by atoms with E-state index in [2.05, 4.69) is 0 Å². The van der Waals surface area contributed by atoms with Gasteiger partial charge in [0.05, 0.1) is 34.6 Å². The predicted molar refractivity (Wildman–Crippen MR) is 150 cm³/mol. The zero-order valence-corrected chi connectivity index (χ0v) is 22.8. The molecule has 2 fully saturated rings. The second-order valence-corrected chi connectivity index (χ2v) is 11.5. The molecule has 1 saturated carbocycles. The second-order valence-electron chi connectivity index (χ2n) is 11.1. The number of aromatic nitrogens is 3. The summed E-state index contributed by atoms with van der Waals surface area (Å²) in [6, 6.07) is 13.8. The van der Waals surface area contributed by atoms with Crippen molar-refractivity contribution < 1.29 is 19.1 Å². The fraction of sp³-hybridized carbons (Fsp3) is 0.267. The van der Waals surface area contributed by atoms with Crippen molar-refractivity contribution in [3.8, 4) is 5.75 Å². The first-order chi connectivity index (χ1) is 19.6. The van der Waals surface area contributed by atoms with Crippen molar-refractivity contribution in [2.24, 2.45) is 18.4 Å². The highest BCUT2D eigenvalue weighted by molar-refractivity contribution is 6.31. The minimum absolute atomic E-state index is 0.0264. The number of nitrogens with zero attached hydrogens (tertiary/aromatic N) is 4. The van der Waals surface area contributed by atoms with Crippen LogP contribution in [0.1, 0.15) is 30.9 Å². The van der Waals surface area contributed by atoms with E-state index in [1.165, 1.54) is 28.5 Å². The minimum Gasteiger partial charge on any atom is -0.507 e. The summed E-state index contributed by atoms with van der Waals surface area (Å²) in [7, 11) is 1.40. The monoisotopic (exact) mass is 574 g/mol. The summed E-state index contributed by atoms with van der Waals surface area (Å²) in [5, 5.41) is 12.7. The Labute approximate surface area is 237 Å². The maximum Gasteiger partial charge on any atom is 0.347 e. The van der Waals surface area contributed by atoms with Gasteiger partial charge in [0, 0.05) is 23.9 Å². The van der Waals surface area contributed by atoms with Crippen molar-refractivity contribution in [2.75, 3.05) is 4.90 Å².